The molecular weight excluding hydrogens is 597 g/mol. The van der Waals surface area contributed by atoms with E-state index >= 15 is 0 Å². The highest BCUT2D eigenvalue weighted by Gasteiger charge is 2.55. The van der Waals surface area contributed by atoms with E-state index in [1.54, 1.807) is 9.80 Å². The van der Waals surface area contributed by atoms with Crippen molar-refractivity contribution >= 4 is 30.9 Å². The Morgan fingerprint density at radius 3 is 1.89 bits per heavy atom. The summed E-state index contributed by atoms with van der Waals surface area (Å²) in [6, 6.07) is 28.6. The van der Waals surface area contributed by atoms with Crippen molar-refractivity contribution in [3.05, 3.63) is 96.6 Å². The number of nitrogens with zero attached hydrogens (tertiary/aromatic N) is 2. The molecule has 3 aromatic rings. The normalized spacial score (nSPS) is 20.7. The predicted octanol–water partition coefficient (Wildman–Crippen LogP) is 5.71. The Hall–Kier alpha value is -3.66. The Morgan fingerprint density at radius 2 is 1.37 bits per heavy atom. The van der Waals surface area contributed by atoms with E-state index in [0.717, 1.165) is 15.9 Å². The minimum absolute atomic E-state index is 0.0241. The maximum Gasteiger partial charge on any atom is 0.410 e. The molecule has 46 heavy (non-hydrogen) atoms. The largest absolute Gasteiger partial charge is 0.445 e. The molecule has 9 heteroatoms. The van der Waals surface area contributed by atoms with Crippen molar-refractivity contribution in [1.29, 1.82) is 0 Å². The number of ether oxygens (including phenoxy) is 2. The highest BCUT2D eigenvalue weighted by molar-refractivity contribution is 6.99. The SMILES string of the molecule is CC(C)(C)OC(=O)N1[C@@H]2CC[C@H]1[C@@H](C(O)CO[Si](c1ccccc1)(c1ccccc1)C(C)(C)C)N(C(=O)OCc1ccccc1)C2. The smallest absolute Gasteiger partial charge is 0.410 e. The first-order valence-electron chi connectivity index (χ1n) is 16.2. The molecule has 5 rings (SSSR count). The quantitative estimate of drug-likeness (QED) is 0.316. The summed E-state index contributed by atoms with van der Waals surface area (Å²) in [4.78, 5) is 30.6. The maximum absolute atomic E-state index is 13.7. The Morgan fingerprint density at radius 1 is 0.826 bits per heavy atom. The summed E-state index contributed by atoms with van der Waals surface area (Å²) >= 11 is 0. The van der Waals surface area contributed by atoms with E-state index < -0.39 is 44.3 Å². The van der Waals surface area contributed by atoms with Crippen molar-refractivity contribution in [3.63, 3.8) is 0 Å². The summed E-state index contributed by atoms with van der Waals surface area (Å²) in [6.45, 7) is 12.4. The second kappa shape index (κ2) is 13.6. The number of carbonyl (C=O) groups excluding carboxylic acids is 2. The molecule has 246 valence electrons. The van der Waals surface area contributed by atoms with Crippen LogP contribution in [0.4, 0.5) is 9.59 Å². The number of amides is 2. The molecule has 1 unspecified atom stereocenters. The molecule has 2 heterocycles. The van der Waals surface area contributed by atoms with Gasteiger partial charge in [-0.05, 0) is 54.6 Å². The Kier molecular flexibility index (Phi) is 9.96. The average molecular weight is 645 g/mol. The van der Waals surface area contributed by atoms with Gasteiger partial charge < -0.3 is 19.0 Å². The molecule has 0 radical (unpaired) electrons. The molecule has 0 spiro atoms. The fourth-order valence-electron chi connectivity index (χ4n) is 7.12. The van der Waals surface area contributed by atoms with Gasteiger partial charge in [-0.1, -0.05) is 112 Å². The van der Waals surface area contributed by atoms with Crippen molar-refractivity contribution < 1.29 is 28.6 Å². The zero-order chi connectivity index (χ0) is 33.1. The van der Waals surface area contributed by atoms with Crippen LogP contribution in [0.3, 0.4) is 0 Å². The van der Waals surface area contributed by atoms with Crippen molar-refractivity contribution in [2.75, 3.05) is 13.2 Å². The molecule has 1 N–H and O–H groups in total. The third-order valence-electron chi connectivity index (χ3n) is 9.03. The van der Waals surface area contributed by atoms with Crippen LogP contribution in [-0.4, -0.2) is 78.4 Å². The van der Waals surface area contributed by atoms with Crippen molar-refractivity contribution in [1.82, 2.24) is 9.80 Å². The van der Waals surface area contributed by atoms with Crippen LogP contribution >= 0.6 is 0 Å². The van der Waals surface area contributed by atoms with E-state index in [2.05, 4.69) is 45.0 Å². The fourth-order valence-corrected chi connectivity index (χ4v) is 11.7. The molecule has 2 fully saturated rings. The number of fused-ring (bicyclic) bond motifs is 2. The second-order valence-corrected chi connectivity index (χ2v) is 18.7. The lowest BCUT2D eigenvalue weighted by Crippen LogP contribution is -2.69. The molecule has 0 aromatic heterocycles. The van der Waals surface area contributed by atoms with Gasteiger partial charge in [0.15, 0.2) is 0 Å². The molecule has 2 aliphatic heterocycles. The van der Waals surface area contributed by atoms with Crippen LogP contribution in [0.1, 0.15) is 59.9 Å². The van der Waals surface area contributed by atoms with Gasteiger partial charge in [-0.15, -0.1) is 0 Å². The van der Waals surface area contributed by atoms with Crippen LogP contribution in [-0.2, 0) is 20.5 Å². The predicted molar refractivity (Wildman–Crippen MR) is 182 cm³/mol. The van der Waals surface area contributed by atoms with E-state index in [9.17, 15) is 14.7 Å². The van der Waals surface area contributed by atoms with E-state index in [-0.39, 0.29) is 30.8 Å². The molecule has 2 saturated heterocycles. The monoisotopic (exact) mass is 644 g/mol. The van der Waals surface area contributed by atoms with E-state index in [4.69, 9.17) is 13.9 Å². The van der Waals surface area contributed by atoms with E-state index in [1.165, 1.54) is 0 Å². The van der Waals surface area contributed by atoms with Crippen LogP contribution in [0.2, 0.25) is 5.04 Å². The van der Waals surface area contributed by atoms with Gasteiger partial charge in [0.2, 0.25) is 0 Å². The molecule has 2 amide bonds. The number of rotatable bonds is 8. The Balaban J connectivity index is 1.47. The first kappa shape index (κ1) is 33.7. The molecule has 4 atom stereocenters. The van der Waals surface area contributed by atoms with Crippen molar-refractivity contribution in [3.8, 4) is 0 Å². The van der Waals surface area contributed by atoms with Crippen LogP contribution in [0.15, 0.2) is 91.0 Å². The number of benzene rings is 3. The van der Waals surface area contributed by atoms with E-state index in [1.807, 2.05) is 87.5 Å². The minimum atomic E-state index is -2.98. The second-order valence-electron chi connectivity index (χ2n) is 14.4. The highest BCUT2D eigenvalue weighted by atomic mass is 28.4. The number of carbonyl (C=O) groups is 2. The van der Waals surface area contributed by atoms with Gasteiger partial charge >= 0.3 is 12.2 Å². The summed E-state index contributed by atoms with van der Waals surface area (Å²) in [5.41, 5.74) is 0.196. The number of likely N-dealkylation sites (tertiary alicyclic amines) is 1. The lowest BCUT2D eigenvalue weighted by atomic mass is 9.98. The molecular formula is C37H48N2O6Si. The lowest BCUT2D eigenvalue weighted by Gasteiger charge is -2.49. The number of aliphatic hydroxyl groups excluding tert-OH is 1. The third kappa shape index (κ3) is 7.01. The van der Waals surface area contributed by atoms with Gasteiger partial charge in [0.1, 0.15) is 12.2 Å². The first-order chi connectivity index (χ1) is 21.8. The van der Waals surface area contributed by atoms with Gasteiger partial charge in [0.25, 0.3) is 8.32 Å². The summed E-state index contributed by atoms with van der Waals surface area (Å²) in [5, 5.41) is 14.0. The molecule has 2 aliphatic rings. The standard InChI is InChI=1S/C37H48N2O6Si/c1-36(2,3)45-35(42)39-28-22-23-31(39)33(38(24-28)34(41)43-25-27-16-10-7-11-17-27)32(40)26-44-46(37(4,5)6,29-18-12-8-13-19-29)30-20-14-9-15-21-30/h7-21,28,31-33,40H,22-26H2,1-6H3/t28-,31+,32?,33+/m1/s1. The molecule has 0 saturated carbocycles. The Bertz CT molecular complexity index is 1420. The van der Waals surface area contributed by atoms with Crippen LogP contribution in [0, 0.1) is 0 Å². The van der Waals surface area contributed by atoms with Gasteiger partial charge in [0.05, 0.1) is 30.8 Å². The average Bonchev–Trinajstić information content (AvgIpc) is 3.33. The summed E-state index contributed by atoms with van der Waals surface area (Å²) in [6.07, 6.45) is -0.709. The first-order valence-corrected chi connectivity index (χ1v) is 18.1. The number of aliphatic hydroxyl groups is 1. The Labute approximate surface area is 274 Å². The molecule has 3 aromatic carbocycles. The number of hydrogen-bond donors (Lipinski definition) is 1. The molecule has 0 aliphatic carbocycles. The third-order valence-corrected chi connectivity index (χ3v) is 14.0. The van der Waals surface area contributed by atoms with Gasteiger partial charge in [-0.2, -0.15) is 0 Å². The van der Waals surface area contributed by atoms with Crippen LogP contribution < -0.4 is 10.4 Å². The van der Waals surface area contributed by atoms with Gasteiger partial charge in [-0.3, -0.25) is 9.80 Å². The van der Waals surface area contributed by atoms with Gasteiger partial charge in [0, 0.05) is 6.54 Å². The summed E-state index contributed by atoms with van der Waals surface area (Å²) < 4.78 is 18.7. The number of hydrogen-bond acceptors (Lipinski definition) is 6. The van der Waals surface area contributed by atoms with Crippen molar-refractivity contribution in [2.45, 2.75) is 95.9 Å². The maximum atomic E-state index is 13.7. The summed E-state index contributed by atoms with van der Waals surface area (Å²) in [5.74, 6) is 0. The summed E-state index contributed by atoms with van der Waals surface area (Å²) in [7, 11) is -2.98. The van der Waals surface area contributed by atoms with Crippen LogP contribution in [0.25, 0.3) is 0 Å². The van der Waals surface area contributed by atoms with Crippen molar-refractivity contribution in [2.24, 2.45) is 0 Å². The van der Waals surface area contributed by atoms with Gasteiger partial charge in [-0.25, -0.2) is 9.59 Å². The topological polar surface area (TPSA) is 88.5 Å². The zero-order valence-electron chi connectivity index (χ0n) is 27.9. The lowest BCUT2D eigenvalue weighted by molar-refractivity contribution is -0.0615. The van der Waals surface area contributed by atoms with E-state index in [0.29, 0.717) is 12.8 Å². The molecule has 2 bridgehead atoms. The minimum Gasteiger partial charge on any atom is -0.445 e. The van der Waals surface area contributed by atoms with Crippen LogP contribution in [0.5, 0.6) is 0 Å². The molecule has 8 nitrogen and oxygen atoms in total. The fraction of sp³-hybridized carbons (Fsp3) is 0.459. The zero-order valence-corrected chi connectivity index (χ0v) is 28.9. The highest BCUT2D eigenvalue weighted by Crippen LogP contribution is 2.40. The number of piperazine rings is 1.